The standard InChI is InChI=1S/C24H23N3O4S/c1-16-11-12-18(32(29,30)27-21-9-5-6-10-23(21)31-2)14-22(16)26-24(28)13-17-15-25-20-8-4-3-7-19(17)20/h3-12,14-15,25,27H,13H2,1-2H3,(H,26,28). The van der Waals surface area contributed by atoms with E-state index in [2.05, 4.69) is 15.0 Å². The molecule has 3 N–H and O–H groups in total. The van der Waals surface area contributed by atoms with E-state index in [-0.39, 0.29) is 17.2 Å². The number of carbonyl (C=O) groups excluding carboxylic acids is 1. The third kappa shape index (κ3) is 4.45. The summed E-state index contributed by atoms with van der Waals surface area (Å²) in [6, 6.07) is 19.1. The van der Waals surface area contributed by atoms with Crippen LogP contribution in [0.15, 0.2) is 77.8 Å². The van der Waals surface area contributed by atoms with E-state index in [1.165, 1.54) is 19.2 Å². The molecule has 164 valence electrons. The average Bonchev–Trinajstić information content (AvgIpc) is 3.18. The van der Waals surface area contributed by atoms with Gasteiger partial charge in [0.2, 0.25) is 5.91 Å². The molecule has 0 atom stereocenters. The third-order valence-corrected chi connectivity index (χ3v) is 6.53. The van der Waals surface area contributed by atoms with Gasteiger partial charge in [-0.3, -0.25) is 9.52 Å². The van der Waals surface area contributed by atoms with E-state index in [0.717, 1.165) is 22.0 Å². The normalized spacial score (nSPS) is 11.3. The van der Waals surface area contributed by atoms with Gasteiger partial charge in [-0.1, -0.05) is 36.4 Å². The van der Waals surface area contributed by atoms with Gasteiger partial charge in [0, 0.05) is 22.8 Å². The zero-order valence-corrected chi connectivity index (χ0v) is 18.5. The lowest BCUT2D eigenvalue weighted by atomic mass is 10.1. The minimum Gasteiger partial charge on any atom is -0.495 e. The first kappa shape index (κ1) is 21.5. The molecule has 8 heteroatoms. The number of anilines is 2. The first-order chi connectivity index (χ1) is 15.4. The van der Waals surface area contributed by atoms with Gasteiger partial charge in [0.05, 0.1) is 24.1 Å². The smallest absolute Gasteiger partial charge is 0.262 e. The van der Waals surface area contributed by atoms with Gasteiger partial charge < -0.3 is 15.0 Å². The van der Waals surface area contributed by atoms with Crippen LogP contribution in [0.2, 0.25) is 0 Å². The summed E-state index contributed by atoms with van der Waals surface area (Å²) in [4.78, 5) is 15.9. The zero-order chi connectivity index (χ0) is 22.7. The minimum absolute atomic E-state index is 0.0383. The topological polar surface area (TPSA) is 100 Å². The number of hydrogen-bond acceptors (Lipinski definition) is 4. The number of aromatic amines is 1. The molecular formula is C24H23N3O4S. The Balaban J connectivity index is 1.55. The quantitative estimate of drug-likeness (QED) is 0.388. The van der Waals surface area contributed by atoms with Crippen molar-refractivity contribution in [2.75, 3.05) is 17.1 Å². The summed E-state index contributed by atoms with van der Waals surface area (Å²) >= 11 is 0. The van der Waals surface area contributed by atoms with E-state index in [9.17, 15) is 13.2 Å². The third-order valence-electron chi connectivity index (χ3n) is 5.17. The molecule has 32 heavy (non-hydrogen) atoms. The Morgan fingerprint density at radius 1 is 1.00 bits per heavy atom. The van der Waals surface area contributed by atoms with Crippen LogP contribution in [0.25, 0.3) is 10.9 Å². The molecular weight excluding hydrogens is 426 g/mol. The first-order valence-electron chi connectivity index (χ1n) is 9.99. The molecule has 0 unspecified atom stereocenters. The Hall–Kier alpha value is -3.78. The molecule has 0 spiro atoms. The van der Waals surface area contributed by atoms with Crippen molar-refractivity contribution >= 4 is 38.2 Å². The number of rotatable bonds is 7. The number of ether oxygens (including phenoxy) is 1. The molecule has 1 amide bonds. The number of nitrogens with one attached hydrogen (secondary N) is 3. The summed E-state index contributed by atoms with van der Waals surface area (Å²) in [6.07, 6.45) is 1.98. The first-order valence-corrected chi connectivity index (χ1v) is 11.5. The van der Waals surface area contributed by atoms with Crippen molar-refractivity contribution in [2.24, 2.45) is 0 Å². The number of sulfonamides is 1. The monoisotopic (exact) mass is 449 g/mol. The van der Waals surface area contributed by atoms with Gasteiger partial charge in [-0.05, 0) is 48.4 Å². The number of methoxy groups -OCH3 is 1. The molecule has 0 aliphatic carbocycles. The van der Waals surface area contributed by atoms with Crippen molar-refractivity contribution in [2.45, 2.75) is 18.2 Å². The van der Waals surface area contributed by atoms with Crippen LogP contribution in [-0.2, 0) is 21.2 Å². The fraction of sp³-hybridized carbons (Fsp3) is 0.125. The summed E-state index contributed by atoms with van der Waals surface area (Å²) < 4.78 is 33.6. The highest BCUT2D eigenvalue weighted by Crippen LogP contribution is 2.28. The molecule has 0 radical (unpaired) electrons. The number of aromatic nitrogens is 1. The van der Waals surface area contributed by atoms with E-state index >= 15 is 0 Å². The predicted molar refractivity (Wildman–Crippen MR) is 126 cm³/mol. The number of H-pyrrole nitrogens is 1. The van der Waals surface area contributed by atoms with Crippen molar-refractivity contribution in [3.05, 3.63) is 84.1 Å². The molecule has 0 aliphatic heterocycles. The second-order valence-corrected chi connectivity index (χ2v) is 9.05. The van der Waals surface area contributed by atoms with Crippen LogP contribution in [0, 0.1) is 6.92 Å². The fourth-order valence-corrected chi connectivity index (χ4v) is 4.58. The highest BCUT2D eigenvalue weighted by Gasteiger charge is 2.18. The maximum Gasteiger partial charge on any atom is 0.262 e. The summed E-state index contributed by atoms with van der Waals surface area (Å²) in [5.41, 5.74) is 3.37. The highest BCUT2D eigenvalue weighted by atomic mass is 32.2. The largest absolute Gasteiger partial charge is 0.495 e. The lowest BCUT2D eigenvalue weighted by Crippen LogP contribution is -2.17. The summed E-state index contributed by atoms with van der Waals surface area (Å²) in [6.45, 7) is 1.81. The summed E-state index contributed by atoms with van der Waals surface area (Å²) in [5, 5.41) is 3.83. The SMILES string of the molecule is COc1ccccc1NS(=O)(=O)c1ccc(C)c(NC(=O)Cc2c[nH]c3ccccc23)c1. The van der Waals surface area contributed by atoms with Gasteiger partial charge in [-0.2, -0.15) is 0 Å². The number of fused-ring (bicyclic) bond motifs is 1. The second kappa shape index (κ2) is 8.76. The van der Waals surface area contributed by atoms with E-state index < -0.39 is 10.0 Å². The van der Waals surface area contributed by atoms with Crippen LogP contribution in [0.5, 0.6) is 5.75 Å². The van der Waals surface area contributed by atoms with Crippen molar-refractivity contribution in [3.63, 3.8) is 0 Å². The van der Waals surface area contributed by atoms with Crippen LogP contribution >= 0.6 is 0 Å². The minimum atomic E-state index is -3.89. The van der Waals surface area contributed by atoms with Gasteiger partial charge in [-0.15, -0.1) is 0 Å². The van der Waals surface area contributed by atoms with Crippen LogP contribution in [0.1, 0.15) is 11.1 Å². The van der Waals surface area contributed by atoms with Crippen LogP contribution in [-0.4, -0.2) is 26.4 Å². The van der Waals surface area contributed by atoms with Gasteiger partial charge >= 0.3 is 0 Å². The number of aryl methyl sites for hydroxylation is 1. The molecule has 0 saturated heterocycles. The Kier molecular flexibility index (Phi) is 5.87. The molecule has 0 saturated carbocycles. The fourth-order valence-electron chi connectivity index (χ4n) is 3.48. The molecule has 3 aromatic carbocycles. The summed E-state index contributed by atoms with van der Waals surface area (Å²) in [7, 11) is -2.41. The number of amides is 1. The lowest BCUT2D eigenvalue weighted by Gasteiger charge is -2.14. The summed E-state index contributed by atoms with van der Waals surface area (Å²) in [5.74, 6) is 0.181. The second-order valence-electron chi connectivity index (χ2n) is 7.37. The maximum atomic E-state index is 12.9. The van der Waals surface area contributed by atoms with E-state index in [4.69, 9.17) is 4.74 Å². The van der Waals surface area contributed by atoms with Crippen molar-refractivity contribution in [3.8, 4) is 5.75 Å². The molecule has 1 heterocycles. The van der Waals surface area contributed by atoms with Crippen molar-refractivity contribution < 1.29 is 17.9 Å². The van der Waals surface area contributed by atoms with Crippen molar-refractivity contribution in [1.29, 1.82) is 0 Å². The Labute approximate surface area is 186 Å². The highest BCUT2D eigenvalue weighted by molar-refractivity contribution is 7.92. The van der Waals surface area contributed by atoms with Crippen LogP contribution in [0.3, 0.4) is 0 Å². The van der Waals surface area contributed by atoms with E-state index in [1.54, 1.807) is 30.3 Å². The lowest BCUT2D eigenvalue weighted by molar-refractivity contribution is -0.115. The molecule has 0 fully saturated rings. The maximum absolute atomic E-state index is 12.9. The van der Waals surface area contributed by atoms with Gasteiger partial charge in [0.15, 0.2) is 0 Å². The zero-order valence-electron chi connectivity index (χ0n) is 17.7. The molecule has 0 bridgehead atoms. The average molecular weight is 450 g/mol. The Bertz CT molecular complexity index is 1390. The van der Waals surface area contributed by atoms with Gasteiger partial charge in [0.1, 0.15) is 5.75 Å². The number of para-hydroxylation sites is 3. The molecule has 7 nitrogen and oxygen atoms in total. The number of benzene rings is 3. The van der Waals surface area contributed by atoms with Crippen LogP contribution < -0.4 is 14.8 Å². The van der Waals surface area contributed by atoms with E-state index in [0.29, 0.717) is 17.1 Å². The number of hydrogen-bond donors (Lipinski definition) is 3. The Morgan fingerprint density at radius 2 is 1.75 bits per heavy atom. The van der Waals surface area contributed by atoms with Crippen molar-refractivity contribution in [1.82, 2.24) is 4.98 Å². The van der Waals surface area contributed by atoms with E-state index in [1.807, 2.05) is 37.4 Å². The predicted octanol–water partition coefficient (Wildman–Crippen LogP) is 4.47. The molecule has 0 aliphatic rings. The molecule has 4 aromatic rings. The Morgan fingerprint density at radius 3 is 2.56 bits per heavy atom. The molecule has 4 rings (SSSR count). The van der Waals surface area contributed by atoms with Gasteiger partial charge in [0.25, 0.3) is 10.0 Å². The van der Waals surface area contributed by atoms with Gasteiger partial charge in [-0.25, -0.2) is 8.42 Å². The number of carbonyl (C=O) groups is 1. The molecule has 1 aromatic heterocycles. The van der Waals surface area contributed by atoms with Crippen LogP contribution in [0.4, 0.5) is 11.4 Å².